The van der Waals surface area contributed by atoms with E-state index in [2.05, 4.69) is 18.8 Å². The maximum absolute atomic E-state index is 11.4. The zero-order valence-corrected chi connectivity index (χ0v) is 13.3. The Morgan fingerprint density at radius 1 is 1.30 bits per heavy atom. The Morgan fingerprint density at radius 3 is 2.45 bits per heavy atom. The van der Waals surface area contributed by atoms with Crippen molar-refractivity contribution in [3.05, 3.63) is 22.8 Å². The van der Waals surface area contributed by atoms with E-state index in [1.54, 1.807) is 13.2 Å². The monoisotopic (exact) mass is 299 g/mol. The molecule has 112 valence electrons. The first-order valence-electron chi connectivity index (χ1n) is 6.80. The fraction of sp³-hybridized carbons (Fsp3) is 0.600. The van der Waals surface area contributed by atoms with Gasteiger partial charge in [-0.3, -0.25) is 4.79 Å². The summed E-state index contributed by atoms with van der Waals surface area (Å²) >= 11 is 5.92. The maximum Gasteiger partial charge on any atom is 0.305 e. The predicted molar refractivity (Wildman–Crippen MR) is 79.3 cm³/mol. The highest BCUT2D eigenvalue weighted by Crippen LogP contribution is 2.41. The molecule has 1 aromatic heterocycles. The summed E-state index contributed by atoms with van der Waals surface area (Å²) in [6.07, 6.45) is 2.86. The molecule has 0 aliphatic carbocycles. The second kappa shape index (κ2) is 7.48. The van der Waals surface area contributed by atoms with E-state index in [0.29, 0.717) is 23.9 Å². The number of hydrogen-bond donors (Lipinski definition) is 0. The van der Waals surface area contributed by atoms with Crippen molar-refractivity contribution in [1.82, 2.24) is 4.98 Å². The first kappa shape index (κ1) is 16.8. The lowest BCUT2D eigenvalue weighted by Crippen LogP contribution is -2.27. The molecule has 0 aromatic carbocycles. The van der Waals surface area contributed by atoms with Crippen molar-refractivity contribution in [2.24, 2.45) is 0 Å². The molecule has 1 aromatic rings. The number of carbonyl (C=O) groups excluding carboxylic acids is 1. The molecule has 0 fully saturated rings. The van der Waals surface area contributed by atoms with Gasteiger partial charge in [-0.15, -0.1) is 0 Å². The van der Waals surface area contributed by atoms with Gasteiger partial charge in [0.15, 0.2) is 0 Å². The minimum absolute atomic E-state index is 0.156. The number of nitrogens with zero attached hydrogens (tertiary/aromatic N) is 1. The second-order valence-corrected chi connectivity index (χ2v) is 5.14. The fourth-order valence-electron chi connectivity index (χ4n) is 2.54. The summed E-state index contributed by atoms with van der Waals surface area (Å²) in [6.45, 7) is 4.21. The first-order chi connectivity index (χ1) is 9.52. The van der Waals surface area contributed by atoms with Crippen molar-refractivity contribution in [3.8, 4) is 5.88 Å². The van der Waals surface area contributed by atoms with Crippen LogP contribution in [0.1, 0.15) is 45.1 Å². The normalized spacial score (nSPS) is 11.2. The molecule has 1 rings (SSSR count). The van der Waals surface area contributed by atoms with E-state index in [0.717, 1.165) is 18.4 Å². The smallest absolute Gasteiger partial charge is 0.305 e. The van der Waals surface area contributed by atoms with Crippen molar-refractivity contribution < 1.29 is 14.3 Å². The summed E-state index contributed by atoms with van der Waals surface area (Å²) in [4.78, 5) is 15.7. The molecular formula is C15H22ClNO3. The standard InChI is InChI=1S/C15H22ClNO3/c1-5-15(6-2,10-9-13(18)19-3)11-7-8-12(16)17-14(11)20-4/h7-8H,5-6,9-10H2,1-4H3. The predicted octanol–water partition coefficient (Wildman–Crippen LogP) is 3.75. The first-order valence-corrected chi connectivity index (χ1v) is 7.18. The number of pyridine rings is 1. The van der Waals surface area contributed by atoms with E-state index in [-0.39, 0.29) is 11.4 Å². The minimum Gasteiger partial charge on any atom is -0.481 e. The van der Waals surface area contributed by atoms with Crippen molar-refractivity contribution >= 4 is 17.6 Å². The maximum atomic E-state index is 11.4. The number of ether oxygens (including phenoxy) is 2. The number of methoxy groups -OCH3 is 2. The van der Waals surface area contributed by atoms with Gasteiger partial charge >= 0.3 is 5.97 Å². The molecule has 0 saturated heterocycles. The van der Waals surface area contributed by atoms with E-state index in [1.165, 1.54) is 7.11 Å². The molecular weight excluding hydrogens is 278 g/mol. The summed E-state index contributed by atoms with van der Waals surface area (Å²) in [5.41, 5.74) is 0.843. The third-order valence-electron chi connectivity index (χ3n) is 3.98. The minimum atomic E-state index is -0.197. The Bertz CT molecular complexity index is 458. The van der Waals surface area contributed by atoms with E-state index in [1.807, 2.05) is 6.07 Å². The van der Waals surface area contributed by atoms with Crippen LogP contribution in [0.5, 0.6) is 5.88 Å². The summed E-state index contributed by atoms with van der Waals surface area (Å²) in [5, 5.41) is 0.402. The van der Waals surface area contributed by atoms with Crippen LogP contribution in [0.3, 0.4) is 0 Å². The van der Waals surface area contributed by atoms with E-state index >= 15 is 0 Å². The Morgan fingerprint density at radius 2 is 1.95 bits per heavy atom. The van der Waals surface area contributed by atoms with Gasteiger partial charge < -0.3 is 9.47 Å². The molecule has 0 spiro atoms. The Balaban J connectivity index is 3.14. The molecule has 4 nitrogen and oxygen atoms in total. The second-order valence-electron chi connectivity index (χ2n) is 4.75. The van der Waals surface area contributed by atoms with Crippen molar-refractivity contribution in [2.75, 3.05) is 14.2 Å². The van der Waals surface area contributed by atoms with Gasteiger partial charge in [-0.05, 0) is 25.3 Å². The third-order valence-corrected chi connectivity index (χ3v) is 4.19. The highest BCUT2D eigenvalue weighted by atomic mass is 35.5. The topological polar surface area (TPSA) is 48.4 Å². The van der Waals surface area contributed by atoms with Crippen LogP contribution in [0.2, 0.25) is 5.15 Å². The van der Waals surface area contributed by atoms with Crippen LogP contribution in [0.25, 0.3) is 0 Å². The molecule has 0 unspecified atom stereocenters. The quantitative estimate of drug-likeness (QED) is 0.568. The molecule has 5 heteroatoms. The molecule has 0 bridgehead atoms. The van der Waals surface area contributed by atoms with Gasteiger partial charge in [0.2, 0.25) is 5.88 Å². The number of hydrogen-bond acceptors (Lipinski definition) is 4. The molecule has 0 amide bonds. The van der Waals surface area contributed by atoms with Gasteiger partial charge in [-0.2, -0.15) is 0 Å². The van der Waals surface area contributed by atoms with Gasteiger partial charge in [0.05, 0.1) is 14.2 Å². The summed E-state index contributed by atoms with van der Waals surface area (Å²) < 4.78 is 10.1. The van der Waals surface area contributed by atoms with Crippen LogP contribution >= 0.6 is 11.6 Å². The Hall–Kier alpha value is -1.29. The lowest BCUT2D eigenvalue weighted by atomic mass is 9.73. The average molecular weight is 300 g/mol. The highest BCUT2D eigenvalue weighted by molar-refractivity contribution is 6.29. The molecule has 20 heavy (non-hydrogen) atoms. The Kier molecular flexibility index (Phi) is 6.27. The van der Waals surface area contributed by atoms with Crippen molar-refractivity contribution in [1.29, 1.82) is 0 Å². The summed E-state index contributed by atoms with van der Waals surface area (Å²) in [6, 6.07) is 3.70. The third kappa shape index (κ3) is 3.63. The highest BCUT2D eigenvalue weighted by Gasteiger charge is 2.32. The van der Waals surface area contributed by atoms with Crippen LogP contribution in [-0.2, 0) is 14.9 Å². The number of carbonyl (C=O) groups is 1. The molecule has 0 N–H and O–H groups in total. The van der Waals surface area contributed by atoms with E-state index in [9.17, 15) is 4.79 Å². The van der Waals surface area contributed by atoms with Crippen molar-refractivity contribution in [2.45, 2.75) is 44.9 Å². The van der Waals surface area contributed by atoms with Gasteiger partial charge in [-0.25, -0.2) is 4.98 Å². The largest absolute Gasteiger partial charge is 0.481 e. The lowest BCUT2D eigenvalue weighted by molar-refractivity contribution is -0.141. The zero-order chi connectivity index (χ0) is 15.2. The molecule has 1 heterocycles. The number of esters is 1. The molecule has 0 saturated carbocycles. The number of halogens is 1. The number of aromatic nitrogens is 1. The Labute approximate surface area is 125 Å². The molecule has 0 aliphatic rings. The SMILES string of the molecule is CCC(CC)(CCC(=O)OC)c1ccc(Cl)nc1OC. The van der Waals surface area contributed by atoms with Gasteiger partial charge in [-0.1, -0.05) is 31.5 Å². The van der Waals surface area contributed by atoms with Crippen LogP contribution in [0.15, 0.2) is 12.1 Å². The molecule has 0 aliphatic heterocycles. The van der Waals surface area contributed by atoms with Crippen LogP contribution < -0.4 is 4.74 Å². The zero-order valence-electron chi connectivity index (χ0n) is 12.5. The van der Waals surface area contributed by atoms with Gasteiger partial charge in [0.25, 0.3) is 0 Å². The summed E-state index contributed by atoms with van der Waals surface area (Å²) in [5.74, 6) is 0.336. The van der Waals surface area contributed by atoms with E-state index < -0.39 is 0 Å². The average Bonchev–Trinajstić information content (AvgIpc) is 2.49. The van der Waals surface area contributed by atoms with Crippen molar-refractivity contribution in [3.63, 3.8) is 0 Å². The van der Waals surface area contributed by atoms with Crippen LogP contribution in [0, 0.1) is 0 Å². The van der Waals surface area contributed by atoms with Gasteiger partial charge in [0.1, 0.15) is 5.15 Å². The van der Waals surface area contributed by atoms with E-state index in [4.69, 9.17) is 21.1 Å². The summed E-state index contributed by atoms with van der Waals surface area (Å²) in [7, 11) is 2.99. The van der Waals surface area contributed by atoms with Crippen LogP contribution in [-0.4, -0.2) is 25.2 Å². The van der Waals surface area contributed by atoms with Crippen LogP contribution in [0.4, 0.5) is 0 Å². The molecule has 0 atom stereocenters. The fourth-order valence-corrected chi connectivity index (χ4v) is 2.68. The van der Waals surface area contributed by atoms with Gasteiger partial charge in [0, 0.05) is 17.4 Å². The lowest BCUT2D eigenvalue weighted by Gasteiger charge is -2.32. The number of rotatable bonds is 7. The molecule has 0 radical (unpaired) electrons.